The van der Waals surface area contributed by atoms with E-state index in [0.29, 0.717) is 12.6 Å². The van der Waals surface area contributed by atoms with Crippen LogP contribution < -0.4 is 5.32 Å². The van der Waals surface area contributed by atoms with Gasteiger partial charge in [0.05, 0.1) is 6.61 Å². The summed E-state index contributed by atoms with van der Waals surface area (Å²) in [7, 11) is 1.71. The number of halogens is 1. The predicted molar refractivity (Wildman–Crippen MR) is 63.8 cm³/mol. The van der Waals surface area contributed by atoms with Gasteiger partial charge < -0.3 is 10.1 Å². The van der Waals surface area contributed by atoms with Crippen molar-refractivity contribution >= 4 is 21.6 Å². The van der Waals surface area contributed by atoms with Gasteiger partial charge in [-0.2, -0.15) is 0 Å². The summed E-state index contributed by atoms with van der Waals surface area (Å²) in [6.45, 7) is 4.91. The van der Waals surface area contributed by atoms with Gasteiger partial charge in [-0.15, -0.1) is 0 Å². The molecule has 0 amide bonds. The van der Waals surface area contributed by atoms with Crippen LogP contribution in [0.4, 0.5) is 5.69 Å². The molecule has 78 valence electrons. The quantitative estimate of drug-likeness (QED) is 0.895. The summed E-state index contributed by atoms with van der Waals surface area (Å²) in [5.41, 5.74) is 2.40. The predicted octanol–water partition coefficient (Wildman–Crippen LogP) is 3.20. The second-order valence-electron chi connectivity index (χ2n) is 3.46. The number of aryl methyl sites for hydroxylation is 1. The first-order chi connectivity index (χ1) is 6.63. The van der Waals surface area contributed by atoms with Crippen LogP contribution in [-0.4, -0.2) is 19.8 Å². The Balaban J connectivity index is 2.70. The van der Waals surface area contributed by atoms with Gasteiger partial charge in [0, 0.05) is 23.3 Å². The smallest absolute Gasteiger partial charge is 0.0661 e. The van der Waals surface area contributed by atoms with E-state index in [2.05, 4.69) is 47.2 Å². The van der Waals surface area contributed by atoms with Gasteiger partial charge in [-0.1, -0.05) is 22.0 Å². The molecular formula is C11H16BrNO. The monoisotopic (exact) mass is 257 g/mol. The molecule has 1 N–H and O–H groups in total. The van der Waals surface area contributed by atoms with Gasteiger partial charge in [0.15, 0.2) is 0 Å². The molecule has 0 spiro atoms. The molecule has 1 aromatic rings. The largest absolute Gasteiger partial charge is 0.383 e. The van der Waals surface area contributed by atoms with Gasteiger partial charge in [-0.3, -0.25) is 0 Å². The standard InChI is InChI=1S/C11H16BrNO/c1-8-4-5-10(12)6-11(8)13-9(2)7-14-3/h4-6,9,13H,7H2,1-3H3/t9-/m1/s1. The van der Waals surface area contributed by atoms with E-state index in [1.54, 1.807) is 7.11 Å². The van der Waals surface area contributed by atoms with E-state index >= 15 is 0 Å². The van der Waals surface area contributed by atoms with Crippen LogP contribution in [0.25, 0.3) is 0 Å². The summed E-state index contributed by atoms with van der Waals surface area (Å²) in [5.74, 6) is 0. The number of hydrogen-bond donors (Lipinski definition) is 1. The second-order valence-corrected chi connectivity index (χ2v) is 4.38. The summed E-state index contributed by atoms with van der Waals surface area (Å²) in [5, 5.41) is 3.40. The number of nitrogens with one attached hydrogen (secondary N) is 1. The maximum Gasteiger partial charge on any atom is 0.0661 e. The van der Waals surface area contributed by atoms with Crippen LogP contribution in [0.5, 0.6) is 0 Å². The molecule has 0 aliphatic rings. The van der Waals surface area contributed by atoms with E-state index in [1.165, 1.54) is 5.56 Å². The molecule has 1 rings (SSSR count). The van der Waals surface area contributed by atoms with Crippen molar-refractivity contribution in [2.24, 2.45) is 0 Å². The Morgan fingerprint density at radius 1 is 1.50 bits per heavy atom. The van der Waals surface area contributed by atoms with Crippen LogP contribution in [0, 0.1) is 6.92 Å². The highest BCUT2D eigenvalue weighted by molar-refractivity contribution is 9.10. The Labute approximate surface area is 93.8 Å². The van der Waals surface area contributed by atoms with Crippen LogP contribution in [0.2, 0.25) is 0 Å². The van der Waals surface area contributed by atoms with Gasteiger partial charge in [0.2, 0.25) is 0 Å². The lowest BCUT2D eigenvalue weighted by atomic mass is 10.2. The molecule has 0 aromatic heterocycles. The highest BCUT2D eigenvalue weighted by atomic mass is 79.9. The van der Waals surface area contributed by atoms with Gasteiger partial charge in [0.1, 0.15) is 0 Å². The number of rotatable bonds is 4. The van der Waals surface area contributed by atoms with Crippen LogP contribution in [0.15, 0.2) is 22.7 Å². The van der Waals surface area contributed by atoms with Crippen LogP contribution in [-0.2, 0) is 4.74 Å². The molecule has 0 saturated carbocycles. The minimum atomic E-state index is 0.327. The van der Waals surface area contributed by atoms with Crippen LogP contribution in [0.3, 0.4) is 0 Å². The van der Waals surface area contributed by atoms with Crippen molar-refractivity contribution in [1.82, 2.24) is 0 Å². The zero-order chi connectivity index (χ0) is 10.6. The van der Waals surface area contributed by atoms with Gasteiger partial charge in [-0.05, 0) is 31.5 Å². The molecule has 0 radical (unpaired) electrons. The second kappa shape index (κ2) is 5.37. The molecule has 1 aromatic carbocycles. The van der Waals surface area contributed by atoms with Gasteiger partial charge in [-0.25, -0.2) is 0 Å². The summed E-state index contributed by atoms with van der Waals surface area (Å²) >= 11 is 3.45. The Hall–Kier alpha value is -0.540. The van der Waals surface area contributed by atoms with E-state index < -0.39 is 0 Å². The van der Waals surface area contributed by atoms with Crippen molar-refractivity contribution in [2.45, 2.75) is 19.9 Å². The van der Waals surface area contributed by atoms with Crippen molar-refractivity contribution < 1.29 is 4.74 Å². The average molecular weight is 258 g/mol. The fourth-order valence-electron chi connectivity index (χ4n) is 1.31. The lowest BCUT2D eigenvalue weighted by molar-refractivity contribution is 0.190. The van der Waals surface area contributed by atoms with Gasteiger partial charge in [0.25, 0.3) is 0 Å². The van der Waals surface area contributed by atoms with E-state index in [9.17, 15) is 0 Å². The van der Waals surface area contributed by atoms with E-state index in [-0.39, 0.29) is 0 Å². The Morgan fingerprint density at radius 3 is 2.86 bits per heavy atom. The third-order valence-electron chi connectivity index (χ3n) is 2.02. The van der Waals surface area contributed by atoms with Gasteiger partial charge >= 0.3 is 0 Å². The SMILES string of the molecule is COC[C@@H](C)Nc1cc(Br)ccc1C. The normalized spacial score (nSPS) is 12.6. The van der Waals surface area contributed by atoms with Crippen molar-refractivity contribution in [3.63, 3.8) is 0 Å². The lowest BCUT2D eigenvalue weighted by Gasteiger charge is -2.16. The van der Waals surface area contributed by atoms with E-state index in [0.717, 1.165) is 10.2 Å². The van der Waals surface area contributed by atoms with Crippen molar-refractivity contribution in [3.05, 3.63) is 28.2 Å². The maximum absolute atomic E-state index is 5.07. The Bertz CT molecular complexity index is 301. The average Bonchev–Trinajstić information content (AvgIpc) is 2.12. The maximum atomic E-state index is 5.07. The lowest BCUT2D eigenvalue weighted by Crippen LogP contribution is -2.21. The highest BCUT2D eigenvalue weighted by Crippen LogP contribution is 2.21. The van der Waals surface area contributed by atoms with Crippen LogP contribution >= 0.6 is 15.9 Å². The first kappa shape index (κ1) is 11.5. The Kier molecular flexibility index (Phi) is 4.42. The molecule has 0 fully saturated rings. The molecule has 14 heavy (non-hydrogen) atoms. The topological polar surface area (TPSA) is 21.3 Å². The van der Waals surface area contributed by atoms with Crippen molar-refractivity contribution in [1.29, 1.82) is 0 Å². The highest BCUT2D eigenvalue weighted by Gasteiger charge is 2.03. The molecule has 3 heteroatoms. The number of benzene rings is 1. The molecule has 0 aliphatic carbocycles. The fraction of sp³-hybridized carbons (Fsp3) is 0.455. The summed E-state index contributed by atoms with van der Waals surface area (Å²) in [6.07, 6.45) is 0. The summed E-state index contributed by atoms with van der Waals surface area (Å²) in [4.78, 5) is 0. The number of anilines is 1. The molecule has 0 heterocycles. The molecule has 0 aliphatic heterocycles. The summed E-state index contributed by atoms with van der Waals surface area (Å²) < 4.78 is 6.16. The van der Waals surface area contributed by atoms with E-state index in [1.807, 2.05) is 6.07 Å². The number of methoxy groups -OCH3 is 1. The fourth-order valence-corrected chi connectivity index (χ4v) is 1.67. The molecule has 0 saturated heterocycles. The molecule has 2 nitrogen and oxygen atoms in total. The molecular weight excluding hydrogens is 242 g/mol. The minimum Gasteiger partial charge on any atom is -0.383 e. The Morgan fingerprint density at radius 2 is 2.21 bits per heavy atom. The molecule has 0 bridgehead atoms. The number of ether oxygens (including phenoxy) is 1. The number of hydrogen-bond acceptors (Lipinski definition) is 2. The zero-order valence-corrected chi connectivity index (χ0v) is 10.4. The third-order valence-corrected chi connectivity index (χ3v) is 2.51. The van der Waals surface area contributed by atoms with E-state index in [4.69, 9.17) is 4.74 Å². The van der Waals surface area contributed by atoms with Crippen molar-refractivity contribution in [2.75, 3.05) is 19.0 Å². The van der Waals surface area contributed by atoms with Crippen molar-refractivity contribution in [3.8, 4) is 0 Å². The first-order valence-electron chi connectivity index (χ1n) is 4.65. The summed E-state index contributed by atoms with van der Waals surface area (Å²) in [6, 6.07) is 6.54. The molecule has 0 unspecified atom stereocenters. The molecule has 1 atom stereocenters. The first-order valence-corrected chi connectivity index (χ1v) is 5.44. The third kappa shape index (κ3) is 3.31. The minimum absolute atomic E-state index is 0.327. The zero-order valence-electron chi connectivity index (χ0n) is 8.80. The van der Waals surface area contributed by atoms with Crippen LogP contribution in [0.1, 0.15) is 12.5 Å².